The zero-order valence-electron chi connectivity index (χ0n) is 13.2. The predicted octanol–water partition coefficient (Wildman–Crippen LogP) is 2.67. The highest BCUT2D eigenvalue weighted by atomic mass is 19.4. The van der Waals surface area contributed by atoms with E-state index in [1.165, 1.54) is 6.20 Å². The van der Waals surface area contributed by atoms with Crippen LogP contribution in [0, 0.1) is 0 Å². The van der Waals surface area contributed by atoms with Crippen LogP contribution in [0.2, 0.25) is 0 Å². The van der Waals surface area contributed by atoms with E-state index in [1.54, 1.807) is 10.7 Å². The fraction of sp³-hybridized carbons (Fsp3) is 0.400. The number of aromatic nitrogens is 3. The second kappa shape index (κ2) is 6.90. The van der Waals surface area contributed by atoms with Crippen molar-refractivity contribution < 1.29 is 18.0 Å². The van der Waals surface area contributed by atoms with Crippen molar-refractivity contribution in [2.45, 2.75) is 39.0 Å². The zero-order chi connectivity index (χ0) is 17.9. The average molecular weight is 342 g/mol. The molecule has 2 aromatic rings. The van der Waals surface area contributed by atoms with Crippen LogP contribution in [-0.2, 0) is 17.5 Å². The summed E-state index contributed by atoms with van der Waals surface area (Å²) in [6.45, 7) is 3.36. The maximum atomic E-state index is 12.7. The molecule has 0 saturated carbocycles. The van der Waals surface area contributed by atoms with Gasteiger partial charge in [0.1, 0.15) is 12.4 Å². The molecule has 2 heterocycles. The highest BCUT2D eigenvalue weighted by Gasteiger charge is 2.31. The lowest BCUT2D eigenvalue weighted by Crippen LogP contribution is -2.29. The molecule has 0 aliphatic carbocycles. The topological polar surface area (TPSA) is 68.9 Å². The Labute approximate surface area is 135 Å². The Bertz CT molecular complexity index is 780. The van der Waals surface area contributed by atoms with E-state index < -0.39 is 29.8 Å². The van der Waals surface area contributed by atoms with Gasteiger partial charge >= 0.3 is 6.18 Å². The van der Waals surface area contributed by atoms with E-state index in [9.17, 15) is 22.8 Å². The summed E-state index contributed by atoms with van der Waals surface area (Å²) in [7, 11) is 0. The number of nitrogens with one attached hydrogen (secondary N) is 1. The second-order valence-electron chi connectivity index (χ2n) is 5.35. The zero-order valence-corrected chi connectivity index (χ0v) is 13.2. The van der Waals surface area contributed by atoms with Gasteiger partial charge in [0, 0.05) is 18.3 Å². The molecule has 1 unspecified atom stereocenters. The van der Waals surface area contributed by atoms with Gasteiger partial charge in [-0.05, 0) is 19.4 Å². The van der Waals surface area contributed by atoms with E-state index >= 15 is 0 Å². The van der Waals surface area contributed by atoms with Gasteiger partial charge in [0.05, 0.1) is 17.8 Å². The number of anilines is 1. The number of hydrogen-bond donors (Lipinski definition) is 1. The monoisotopic (exact) mass is 342 g/mol. The lowest BCUT2D eigenvalue weighted by atomic mass is 10.2. The van der Waals surface area contributed by atoms with Crippen LogP contribution in [0.15, 0.2) is 35.4 Å². The molecule has 1 amide bonds. The number of pyridine rings is 1. The fourth-order valence-electron chi connectivity index (χ4n) is 2.10. The minimum atomic E-state index is -4.58. The average Bonchev–Trinajstić information content (AvgIpc) is 2.95. The summed E-state index contributed by atoms with van der Waals surface area (Å²) >= 11 is 0. The Morgan fingerprint density at radius 3 is 2.67 bits per heavy atom. The lowest BCUT2D eigenvalue weighted by Gasteiger charge is -2.15. The summed E-state index contributed by atoms with van der Waals surface area (Å²) in [6.07, 6.45) is -1.65. The highest BCUT2D eigenvalue weighted by molar-refractivity contribution is 5.89. The van der Waals surface area contributed by atoms with Gasteiger partial charge in [0.2, 0.25) is 5.91 Å². The summed E-state index contributed by atoms with van der Waals surface area (Å²) in [5, 5.41) is 6.66. The molecule has 2 aromatic heterocycles. The second-order valence-corrected chi connectivity index (χ2v) is 5.35. The molecule has 0 saturated heterocycles. The smallest absolute Gasteiger partial charge is 0.309 e. The molecule has 6 nitrogen and oxygen atoms in total. The Hall–Kier alpha value is -2.58. The maximum Gasteiger partial charge on any atom is 0.417 e. The van der Waals surface area contributed by atoms with Crippen molar-refractivity contribution in [2.24, 2.45) is 0 Å². The third-order valence-corrected chi connectivity index (χ3v) is 3.57. The lowest BCUT2D eigenvalue weighted by molar-refractivity contribution is -0.138. The quantitative estimate of drug-likeness (QED) is 0.908. The first kappa shape index (κ1) is 17.8. The molecule has 0 spiro atoms. The number of nitrogens with zero attached hydrogens (tertiary/aromatic N) is 3. The third-order valence-electron chi connectivity index (χ3n) is 3.57. The fourth-order valence-corrected chi connectivity index (χ4v) is 2.10. The molecule has 0 fully saturated rings. The summed E-state index contributed by atoms with van der Waals surface area (Å²) in [6, 6.07) is 3.11. The molecule has 2 rings (SSSR count). The van der Waals surface area contributed by atoms with Gasteiger partial charge < -0.3 is 9.88 Å². The largest absolute Gasteiger partial charge is 0.417 e. The van der Waals surface area contributed by atoms with Crippen molar-refractivity contribution in [3.63, 3.8) is 0 Å². The number of carbonyl (C=O) groups is 1. The summed E-state index contributed by atoms with van der Waals surface area (Å²) in [5.74, 6) is -0.184. The van der Waals surface area contributed by atoms with Gasteiger partial charge in [-0.2, -0.15) is 18.3 Å². The number of halogens is 3. The van der Waals surface area contributed by atoms with Gasteiger partial charge in [-0.25, -0.2) is 4.68 Å². The predicted molar refractivity (Wildman–Crippen MR) is 81.6 cm³/mol. The van der Waals surface area contributed by atoms with Gasteiger partial charge in [-0.15, -0.1) is 0 Å². The Kier molecular flexibility index (Phi) is 5.10. The SMILES string of the molecule is CCC(C)n1nccc1NC(=O)Cn1cc(C(F)(F)F)ccc1=O. The van der Waals surface area contributed by atoms with E-state index in [0.717, 1.165) is 17.1 Å². The first-order valence-corrected chi connectivity index (χ1v) is 7.33. The number of hydrogen-bond acceptors (Lipinski definition) is 3. The van der Waals surface area contributed by atoms with Crippen molar-refractivity contribution >= 4 is 11.7 Å². The summed E-state index contributed by atoms with van der Waals surface area (Å²) < 4.78 is 40.4. The van der Waals surface area contributed by atoms with E-state index in [-0.39, 0.29) is 6.04 Å². The maximum absolute atomic E-state index is 12.7. The van der Waals surface area contributed by atoms with Crippen molar-refractivity contribution in [1.29, 1.82) is 0 Å². The number of rotatable bonds is 5. The third kappa shape index (κ3) is 4.03. The molecule has 24 heavy (non-hydrogen) atoms. The molecule has 1 atom stereocenters. The molecule has 0 aliphatic heterocycles. The normalized spacial score (nSPS) is 12.9. The summed E-state index contributed by atoms with van der Waals surface area (Å²) in [4.78, 5) is 23.7. The van der Waals surface area contributed by atoms with Gasteiger partial charge in [0.25, 0.3) is 5.56 Å². The molecular formula is C15H17F3N4O2. The van der Waals surface area contributed by atoms with Crippen molar-refractivity contribution in [3.05, 3.63) is 46.5 Å². The molecule has 1 N–H and O–H groups in total. The molecule has 0 bridgehead atoms. The van der Waals surface area contributed by atoms with Crippen molar-refractivity contribution in [1.82, 2.24) is 14.3 Å². The Balaban J connectivity index is 2.16. The van der Waals surface area contributed by atoms with Crippen molar-refractivity contribution in [2.75, 3.05) is 5.32 Å². The standard InChI is InChI=1S/C15H17F3N4O2/c1-3-10(2)22-12(6-7-19-22)20-13(23)9-21-8-11(15(16,17)18)4-5-14(21)24/h4-8,10H,3,9H2,1-2H3,(H,20,23). The highest BCUT2D eigenvalue weighted by Crippen LogP contribution is 2.28. The number of alkyl halides is 3. The van der Waals surface area contributed by atoms with Crippen LogP contribution in [0.3, 0.4) is 0 Å². The first-order valence-electron chi connectivity index (χ1n) is 7.33. The molecule has 0 aliphatic rings. The molecule has 130 valence electrons. The van der Waals surface area contributed by atoms with Crippen LogP contribution in [0.4, 0.5) is 19.0 Å². The minimum Gasteiger partial charge on any atom is -0.309 e. The van der Waals surface area contributed by atoms with Crippen LogP contribution in [0.5, 0.6) is 0 Å². The van der Waals surface area contributed by atoms with E-state index in [4.69, 9.17) is 0 Å². The first-order chi connectivity index (χ1) is 11.2. The number of carbonyl (C=O) groups excluding carboxylic acids is 1. The van der Waals surface area contributed by atoms with Crippen LogP contribution in [-0.4, -0.2) is 20.3 Å². The van der Waals surface area contributed by atoms with Crippen LogP contribution in [0.25, 0.3) is 0 Å². The van der Waals surface area contributed by atoms with Crippen LogP contribution < -0.4 is 10.9 Å². The Morgan fingerprint density at radius 2 is 2.04 bits per heavy atom. The summed E-state index contributed by atoms with van der Waals surface area (Å²) in [5.41, 5.74) is -1.67. The molecule has 0 radical (unpaired) electrons. The van der Waals surface area contributed by atoms with E-state index in [1.807, 2.05) is 13.8 Å². The van der Waals surface area contributed by atoms with Gasteiger partial charge in [-0.1, -0.05) is 6.92 Å². The van der Waals surface area contributed by atoms with Crippen LogP contribution >= 0.6 is 0 Å². The van der Waals surface area contributed by atoms with Gasteiger partial charge in [-0.3, -0.25) is 9.59 Å². The molecular weight excluding hydrogens is 325 g/mol. The van der Waals surface area contributed by atoms with Crippen LogP contribution in [0.1, 0.15) is 31.9 Å². The minimum absolute atomic E-state index is 0.0478. The van der Waals surface area contributed by atoms with E-state index in [0.29, 0.717) is 18.1 Å². The van der Waals surface area contributed by atoms with Crippen molar-refractivity contribution in [3.8, 4) is 0 Å². The molecule has 0 aromatic carbocycles. The van der Waals surface area contributed by atoms with E-state index in [2.05, 4.69) is 10.4 Å². The van der Waals surface area contributed by atoms with Gasteiger partial charge in [0.15, 0.2) is 0 Å². The Morgan fingerprint density at radius 1 is 1.33 bits per heavy atom. The number of amides is 1. The molecule has 9 heteroatoms.